The van der Waals surface area contributed by atoms with Crippen molar-refractivity contribution >= 4 is 30.7 Å². The van der Waals surface area contributed by atoms with Gasteiger partial charge in [-0.3, -0.25) is 9.69 Å². The Morgan fingerprint density at radius 1 is 1.07 bits per heavy atom. The molecule has 0 aromatic heterocycles. The Morgan fingerprint density at radius 3 is 2.46 bits per heavy atom. The van der Waals surface area contributed by atoms with E-state index in [4.69, 9.17) is 0 Å². The van der Waals surface area contributed by atoms with Gasteiger partial charge in [-0.2, -0.15) is 0 Å². The van der Waals surface area contributed by atoms with Gasteiger partial charge < -0.3 is 10.2 Å². The first-order chi connectivity index (χ1) is 12.7. The summed E-state index contributed by atoms with van der Waals surface area (Å²) < 4.78 is 13.4. The predicted octanol–water partition coefficient (Wildman–Crippen LogP) is 3.34. The molecule has 3 atom stereocenters. The number of fused-ring (bicyclic) bond motifs is 1. The van der Waals surface area contributed by atoms with E-state index in [1.165, 1.54) is 6.07 Å². The average molecular weight is 432 g/mol. The van der Waals surface area contributed by atoms with Gasteiger partial charge in [-0.1, -0.05) is 12.1 Å². The second-order valence-corrected chi connectivity index (χ2v) is 8.29. The fourth-order valence-corrected chi connectivity index (χ4v) is 4.99. The van der Waals surface area contributed by atoms with Crippen LogP contribution < -0.4 is 5.32 Å². The Hall–Kier alpha value is -0.880. The summed E-state index contributed by atoms with van der Waals surface area (Å²) in [5, 5.41) is 3.50. The van der Waals surface area contributed by atoms with Crippen LogP contribution in [-0.2, 0) is 11.3 Å². The third kappa shape index (κ3) is 5.59. The Morgan fingerprint density at radius 2 is 1.79 bits per heavy atom. The van der Waals surface area contributed by atoms with Crippen LogP contribution in [0.1, 0.15) is 31.2 Å². The number of carbonyl (C=O) groups is 1. The Balaban J connectivity index is 0.00000140. The Bertz CT molecular complexity index is 634. The molecule has 1 unspecified atom stereocenters. The molecule has 0 bridgehead atoms. The standard InChI is InChI=1S/C21H30FN3O.2ClH/c22-20-5-1-3-16(11-20)14-24-8-2-4-19(15-24)21(26)25-9-6-17-12-23-13-18(17)7-10-25;;/h1,3,5,11,17-19,23H,2,4,6-10,12-15H2;2*1H/t17-,18+,19?;;. The molecule has 4 rings (SSSR count). The molecule has 4 nitrogen and oxygen atoms in total. The van der Waals surface area contributed by atoms with Gasteiger partial charge in [0.1, 0.15) is 5.82 Å². The van der Waals surface area contributed by atoms with Crippen LogP contribution in [0, 0.1) is 23.6 Å². The highest BCUT2D eigenvalue weighted by Crippen LogP contribution is 2.29. The average Bonchev–Trinajstić information content (AvgIpc) is 3.00. The molecule has 3 aliphatic rings. The molecule has 0 radical (unpaired) electrons. The van der Waals surface area contributed by atoms with Crippen LogP contribution in [0.2, 0.25) is 0 Å². The van der Waals surface area contributed by atoms with Crippen molar-refractivity contribution in [1.82, 2.24) is 15.1 Å². The molecular weight excluding hydrogens is 400 g/mol. The van der Waals surface area contributed by atoms with E-state index in [0.29, 0.717) is 5.91 Å². The number of piperidine rings is 1. The molecule has 0 spiro atoms. The first kappa shape index (κ1) is 23.4. The number of amides is 1. The molecule has 3 fully saturated rings. The fourth-order valence-electron chi connectivity index (χ4n) is 4.99. The quantitative estimate of drug-likeness (QED) is 0.796. The minimum Gasteiger partial charge on any atom is -0.342 e. The molecule has 0 saturated carbocycles. The lowest BCUT2D eigenvalue weighted by Gasteiger charge is -2.35. The molecule has 0 aliphatic carbocycles. The number of likely N-dealkylation sites (tertiary alicyclic amines) is 2. The van der Waals surface area contributed by atoms with E-state index < -0.39 is 0 Å². The van der Waals surface area contributed by atoms with E-state index in [1.54, 1.807) is 12.1 Å². The summed E-state index contributed by atoms with van der Waals surface area (Å²) in [4.78, 5) is 17.6. The minimum absolute atomic E-state index is 0. The summed E-state index contributed by atoms with van der Waals surface area (Å²) in [6.45, 7) is 6.62. The van der Waals surface area contributed by atoms with E-state index in [1.807, 2.05) is 6.07 Å². The minimum atomic E-state index is -0.184. The topological polar surface area (TPSA) is 35.6 Å². The van der Waals surface area contributed by atoms with Crippen LogP contribution in [0.4, 0.5) is 4.39 Å². The number of hydrogen-bond donors (Lipinski definition) is 1. The van der Waals surface area contributed by atoms with Crippen LogP contribution in [0.3, 0.4) is 0 Å². The van der Waals surface area contributed by atoms with Crippen molar-refractivity contribution in [2.24, 2.45) is 17.8 Å². The van der Waals surface area contributed by atoms with E-state index in [2.05, 4.69) is 15.1 Å². The molecule has 7 heteroatoms. The molecule has 1 amide bonds. The van der Waals surface area contributed by atoms with Gasteiger partial charge in [-0.05, 0) is 74.8 Å². The van der Waals surface area contributed by atoms with Crippen LogP contribution in [0.5, 0.6) is 0 Å². The fraction of sp³-hybridized carbons (Fsp3) is 0.667. The number of nitrogens with one attached hydrogen (secondary N) is 1. The van der Waals surface area contributed by atoms with Crippen molar-refractivity contribution in [2.75, 3.05) is 39.3 Å². The van der Waals surface area contributed by atoms with Crippen molar-refractivity contribution < 1.29 is 9.18 Å². The number of hydrogen-bond acceptors (Lipinski definition) is 3. The number of carbonyl (C=O) groups excluding carboxylic acids is 1. The van der Waals surface area contributed by atoms with Crippen molar-refractivity contribution in [3.8, 4) is 0 Å². The highest BCUT2D eigenvalue weighted by Gasteiger charge is 2.34. The van der Waals surface area contributed by atoms with E-state index >= 15 is 0 Å². The summed E-state index contributed by atoms with van der Waals surface area (Å²) in [5.41, 5.74) is 0.994. The summed E-state index contributed by atoms with van der Waals surface area (Å²) in [6, 6.07) is 6.82. The monoisotopic (exact) mass is 431 g/mol. The second-order valence-electron chi connectivity index (χ2n) is 8.29. The van der Waals surface area contributed by atoms with Gasteiger partial charge in [-0.25, -0.2) is 4.39 Å². The van der Waals surface area contributed by atoms with Gasteiger partial charge in [0, 0.05) is 26.2 Å². The SMILES string of the molecule is Cl.Cl.O=C(C1CCCN(Cc2cccc(F)c2)C1)N1CC[C@@H]2CNC[C@@H]2CC1. The molecule has 158 valence electrons. The Labute approximate surface area is 180 Å². The summed E-state index contributed by atoms with van der Waals surface area (Å²) >= 11 is 0. The maximum atomic E-state index is 13.4. The zero-order valence-corrected chi connectivity index (χ0v) is 17.9. The maximum absolute atomic E-state index is 13.4. The molecule has 1 aromatic carbocycles. The van der Waals surface area contributed by atoms with Gasteiger partial charge in [0.05, 0.1) is 5.92 Å². The van der Waals surface area contributed by atoms with Crippen molar-refractivity contribution in [1.29, 1.82) is 0 Å². The smallest absolute Gasteiger partial charge is 0.226 e. The molecule has 3 aliphatic heterocycles. The van der Waals surface area contributed by atoms with Gasteiger partial charge in [0.15, 0.2) is 0 Å². The molecule has 3 saturated heterocycles. The Kier molecular flexibility index (Phi) is 9.00. The third-order valence-electron chi connectivity index (χ3n) is 6.48. The van der Waals surface area contributed by atoms with Crippen LogP contribution in [0.25, 0.3) is 0 Å². The maximum Gasteiger partial charge on any atom is 0.226 e. The zero-order chi connectivity index (χ0) is 17.9. The lowest BCUT2D eigenvalue weighted by atomic mass is 9.92. The van der Waals surface area contributed by atoms with E-state index in [-0.39, 0.29) is 36.5 Å². The molecule has 1 N–H and O–H groups in total. The summed E-state index contributed by atoms with van der Waals surface area (Å²) in [7, 11) is 0. The second kappa shape index (κ2) is 10.8. The van der Waals surface area contributed by atoms with Gasteiger partial charge >= 0.3 is 0 Å². The lowest BCUT2D eigenvalue weighted by Crippen LogP contribution is -2.45. The van der Waals surface area contributed by atoms with Crippen molar-refractivity contribution in [2.45, 2.75) is 32.2 Å². The zero-order valence-electron chi connectivity index (χ0n) is 16.3. The first-order valence-corrected chi connectivity index (χ1v) is 10.2. The van der Waals surface area contributed by atoms with Gasteiger partial charge in [0.25, 0.3) is 0 Å². The lowest BCUT2D eigenvalue weighted by molar-refractivity contribution is -0.137. The number of rotatable bonds is 3. The van der Waals surface area contributed by atoms with Crippen LogP contribution >= 0.6 is 24.8 Å². The highest BCUT2D eigenvalue weighted by molar-refractivity contribution is 5.85. The molecule has 3 heterocycles. The van der Waals surface area contributed by atoms with Crippen LogP contribution in [0.15, 0.2) is 24.3 Å². The normalized spacial score (nSPS) is 27.9. The van der Waals surface area contributed by atoms with Gasteiger partial charge in [-0.15, -0.1) is 24.8 Å². The van der Waals surface area contributed by atoms with E-state index in [0.717, 1.165) is 88.9 Å². The van der Waals surface area contributed by atoms with Crippen molar-refractivity contribution in [3.05, 3.63) is 35.6 Å². The molecule has 28 heavy (non-hydrogen) atoms. The van der Waals surface area contributed by atoms with Crippen molar-refractivity contribution in [3.63, 3.8) is 0 Å². The van der Waals surface area contributed by atoms with E-state index in [9.17, 15) is 9.18 Å². The number of halogens is 3. The summed E-state index contributed by atoms with van der Waals surface area (Å²) in [5.74, 6) is 1.78. The first-order valence-electron chi connectivity index (χ1n) is 10.2. The highest BCUT2D eigenvalue weighted by atomic mass is 35.5. The molecular formula is C21H32Cl2FN3O. The number of nitrogens with zero attached hydrogens (tertiary/aromatic N) is 2. The van der Waals surface area contributed by atoms with Crippen LogP contribution in [-0.4, -0.2) is 55.0 Å². The molecule has 1 aromatic rings. The van der Waals surface area contributed by atoms with Gasteiger partial charge in [0.2, 0.25) is 5.91 Å². The predicted molar refractivity (Wildman–Crippen MR) is 115 cm³/mol. The summed E-state index contributed by atoms with van der Waals surface area (Å²) in [6.07, 6.45) is 4.32. The third-order valence-corrected chi connectivity index (χ3v) is 6.48. The largest absolute Gasteiger partial charge is 0.342 e. The number of benzene rings is 1.